The van der Waals surface area contributed by atoms with Crippen molar-refractivity contribution in [3.05, 3.63) is 49.1 Å². The molecule has 0 aliphatic carbocycles. The Hall–Kier alpha value is -2.82. The molecule has 0 amide bonds. The van der Waals surface area contributed by atoms with Crippen molar-refractivity contribution in [2.45, 2.75) is 0 Å². The summed E-state index contributed by atoms with van der Waals surface area (Å²) < 4.78 is 0. The zero-order valence-corrected chi connectivity index (χ0v) is 9.91. The SMILES string of the molecule is c1cc(-c2nc3ccncc3[nH]2)c2nccnc2c1. The smallest absolute Gasteiger partial charge is 0.140 e. The van der Waals surface area contributed by atoms with E-state index in [1.165, 1.54) is 0 Å². The Labute approximate surface area is 108 Å². The summed E-state index contributed by atoms with van der Waals surface area (Å²) in [5.41, 5.74) is 4.46. The third-order valence-corrected chi connectivity index (χ3v) is 3.04. The van der Waals surface area contributed by atoms with Gasteiger partial charge in [0.1, 0.15) is 5.82 Å². The average molecular weight is 247 g/mol. The highest BCUT2D eigenvalue weighted by Gasteiger charge is 2.09. The summed E-state index contributed by atoms with van der Waals surface area (Å²) in [5.74, 6) is 0.786. The molecule has 19 heavy (non-hydrogen) atoms. The first-order valence-electron chi connectivity index (χ1n) is 5.92. The minimum atomic E-state index is 0.786. The molecule has 1 N–H and O–H groups in total. The molecule has 3 aromatic heterocycles. The van der Waals surface area contributed by atoms with E-state index in [1.807, 2.05) is 24.3 Å². The lowest BCUT2D eigenvalue weighted by molar-refractivity contribution is 1.27. The van der Waals surface area contributed by atoms with Gasteiger partial charge in [0, 0.05) is 24.2 Å². The molecule has 0 bridgehead atoms. The summed E-state index contributed by atoms with van der Waals surface area (Å²) in [7, 11) is 0. The Morgan fingerprint density at radius 2 is 1.84 bits per heavy atom. The molecule has 0 saturated heterocycles. The summed E-state index contributed by atoms with van der Waals surface area (Å²) in [4.78, 5) is 20.6. The number of imidazole rings is 1. The van der Waals surface area contributed by atoms with Gasteiger partial charge in [0.05, 0.1) is 28.3 Å². The molecule has 4 rings (SSSR count). The van der Waals surface area contributed by atoms with Crippen LogP contribution in [0.25, 0.3) is 33.5 Å². The third-order valence-electron chi connectivity index (χ3n) is 3.04. The fourth-order valence-electron chi connectivity index (χ4n) is 2.17. The first-order valence-corrected chi connectivity index (χ1v) is 5.92. The van der Waals surface area contributed by atoms with E-state index in [0.29, 0.717) is 0 Å². The third kappa shape index (κ3) is 1.55. The number of fused-ring (bicyclic) bond motifs is 2. The highest BCUT2D eigenvalue weighted by Crippen LogP contribution is 2.25. The molecule has 90 valence electrons. The van der Waals surface area contributed by atoms with Crippen LogP contribution < -0.4 is 0 Å². The van der Waals surface area contributed by atoms with E-state index >= 15 is 0 Å². The zero-order valence-electron chi connectivity index (χ0n) is 9.91. The second-order valence-electron chi connectivity index (χ2n) is 4.21. The van der Waals surface area contributed by atoms with Crippen molar-refractivity contribution in [2.24, 2.45) is 0 Å². The van der Waals surface area contributed by atoms with Crippen molar-refractivity contribution < 1.29 is 0 Å². The second-order valence-corrected chi connectivity index (χ2v) is 4.21. The monoisotopic (exact) mass is 247 g/mol. The van der Waals surface area contributed by atoms with E-state index in [9.17, 15) is 0 Å². The van der Waals surface area contributed by atoms with Gasteiger partial charge in [-0.25, -0.2) is 4.98 Å². The summed E-state index contributed by atoms with van der Waals surface area (Å²) in [6.07, 6.45) is 6.88. The first kappa shape index (κ1) is 10.1. The van der Waals surface area contributed by atoms with Gasteiger partial charge >= 0.3 is 0 Å². The van der Waals surface area contributed by atoms with E-state index < -0.39 is 0 Å². The van der Waals surface area contributed by atoms with Crippen molar-refractivity contribution in [2.75, 3.05) is 0 Å². The number of nitrogens with one attached hydrogen (secondary N) is 1. The lowest BCUT2D eigenvalue weighted by Gasteiger charge is -2.01. The topological polar surface area (TPSA) is 67.3 Å². The fourth-order valence-corrected chi connectivity index (χ4v) is 2.17. The molecule has 5 heteroatoms. The molecule has 0 aliphatic rings. The summed E-state index contributed by atoms with van der Waals surface area (Å²) in [6.45, 7) is 0. The highest BCUT2D eigenvalue weighted by molar-refractivity contribution is 5.91. The number of aromatic nitrogens is 5. The van der Waals surface area contributed by atoms with Crippen LogP contribution in [-0.4, -0.2) is 24.9 Å². The standard InChI is InChI=1S/C14H9N5/c1-2-9(13-11(3-1)16-6-7-17-13)14-18-10-4-5-15-8-12(10)19-14/h1-8H,(H,18,19). The van der Waals surface area contributed by atoms with Gasteiger partial charge in [0.2, 0.25) is 0 Å². The number of benzene rings is 1. The number of nitrogens with zero attached hydrogens (tertiary/aromatic N) is 4. The number of H-pyrrole nitrogens is 1. The number of hydrogen-bond donors (Lipinski definition) is 1. The van der Waals surface area contributed by atoms with Crippen molar-refractivity contribution in [1.29, 1.82) is 0 Å². The zero-order chi connectivity index (χ0) is 12.7. The largest absolute Gasteiger partial charge is 0.337 e. The summed E-state index contributed by atoms with van der Waals surface area (Å²) in [6, 6.07) is 7.77. The van der Waals surface area contributed by atoms with Crippen LogP contribution in [0.5, 0.6) is 0 Å². The van der Waals surface area contributed by atoms with E-state index in [2.05, 4.69) is 24.9 Å². The van der Waals surface area contributed by atoms with Gasteiger partial charge in [-0.2, -0.15) is 0 Å². The van der Waals surface area contributed by atoms with E-state index in [1.54, 1.807) is 24.8 Å². The molecule has 0 saturated carbocycles. The minimum Gasteiger partial charge on any atom is -0.337 e. The Morgan fingerprint density at radius 1 is 0.895 bits per heavy atom. The average Bonchev–Trinajstić information content (AvgIpc) is 2.90. The minimum absolute atomic E-state index is 0.786. The molecule has 0 fully saturated rings. The Morgan fingerprint density at radius 3 is 2.79 bits per heavy atom. The lowest BCUT2D eigenvalue weighted by atomic mass is 10.1. The van der Waals surface area contributed by atoms with Gasteiger partial charge in [0.25, 0.3) is 0 Å². The van der Waals surface area contributed by atoms with Gasteiger partial charge in [0.15, 0.2) is 0 Å². The van der Waals surface area contributed by atoms with Crippen molar-refractivity contribution in [3.8, 4) is 11.4 Å². The molecule has 0 radical (unpaired) electrons. The van der Waals surface area contributed by atoms with Crippen LogP contribution in [0.4, 0.5) is 0 Å². The molecule has 0 unspecified atom stereocenters. The van der Waals surface area contributed by atoms with Crippen LogP contribution in [0.2, 0.25) is 0 Å². The number of pyridine rings is 1. The number of hydrogen-bond acceptors (Lipinski definition) is 4. The van der Waals surface area contributed by atoms with Gasteiger partial charge in [-0.3, -0.25) is 15.0 Å². The van der Waals surface area contributed by atoms with Crippen LogP contribution >= 0.6 is 0 Å². The highest BCUT2D eigenvalue weighted by atomic mass is 14.9. The normalized spacial score (nSPS) is 11.2. The Bertz CT molecular complexity index is 843. The molecular formula is C14H9N5. The van der Waals surface area contributed by atoms with Crippen molar-refractivity contribution in [1.82, 2.24) is 24.9 Å². The molecule has 0 aliphatic heterocycles. The molecule has 0 spiro atoms. The van der Waals surface area contributed by atoms with Crippen LogP contribution in [0.1, 0.15) is 0 Å². The van der Waals surface area contributed by atoms with E-state index in [0.717, 1.165) is 33.5 Å². The van der Waals surface area contributed by atoms with E-state index in [-0.39, 0.29) is 0 Å². The van der Waals surface area contributed by atoms with E-state index in [4.69, 9.17) is 0 Å². The maximum atomic E-state index is 4.57. The van der Waals surface area contributed by atoms with Gasteiger partial charge < -0.3 is 4.98 Å². The Kier molecular flexibility index (Phi) is 2.05. The molecule has 1 aromatic carbocycles. The number of para-hydroxylation sites is 1. The molecule has 0 atom stereocenters. The predicted molar refractivity (Wildman–Crippen MR) is 72.4 cm³/mol. The van der Waals surface area contributed by atoms with Crippen LogP contribution in [0.3, 0.4) is 0 Å². The number of aromatic amines is 1. The van der Waals surface area contributed by atoms with Crippen LogP contribution in [-0.2, 0) is 0 Å². The molecule has 4 aromatic rings. The number of rotatable bonds is 1. The van der Waals surface area contributed by atoms with Crippen LogP contribution in [0, 0.1) is 0 Å². The molecular weight excluding hydrogens is 238 g/mol. The lowest BCUT2D eigenvalue weighted by Crippen LogP contribution is -1.87. The maximum Gasteiger partial charge on any atom is 0.140 e. The van der Waals surface area contributed by atoms with Crippen molar-refractivity contribution in [3.63, 3.8) is 0 Å². The van der Waals surface area contributed by atoms with Gasteiger partial charge in [-0.05, 0) is 18.2 Å². The maximum absolute atomic E-state index is 4.57. The summed E-state index contributed by atoms with van der Waals surface area (Å²) in [5, 5.41) is 0. The molecule has 5 nitrogen and oxygen atoms in total. The summed E-state index contributed by atoms with van der Waals surface area (Å²) >= 11 is 0. The fraction of sp³-hybridized carbons (Fsp3) is 0. The second kappa shape index (κ2) is 3.84. The predicted octanol–water partition coefficient (Wildman–Crippen LogP) is 2.57. The Balaban J connectivity index is 2.03. The first-order chi connectivity index (χ1) is 9.42. The quantitative estimate of drug-likeness (QED) is 0.561. The van der Waals surface area contributed by atoms with Gasteiger partial charge in [-0.1, -0.05) is 6.07 Å². The van der Waals surface area contributed by atoms with Crippen molar-refractivity contribution >= 4 is 22.1 Å². The van der Waals surface area contributed by atoms with Gasteiger partial charge in [-0.15, -0.1) is 0 Å². The molecule has 3 heterocycles. The van der Waals surface area contributed by atoms with Crippen LogP contribution in [0.15, 0.2) is 49.1 Å².